The summed E-state index contributed by atoms with van der Waals surface area (Å²) in [6.07, 6.45) is 3.26. The molecule has 0 saturated carbocycles. The van der Waals surface area contributed by atoms with Crippen LogP contribution in [0.25, 0.3) is 0 Å². The van der Waals surface area contributed by atoms with E-state index >= 15 is 0 Å². The van der Waals surface area contributed by atoms with Crippen LogP contribution in [-0.4, -0.2) is 26.1 Å². The van der Waals surface area contributed by atoms with Crippen LogP contribution in [0.3, 0.4) is 0 Å². The van der Waals surface area contributed by atoms with Crippen molar-refractivity contribution in [1.82, 2.24) is 25.5 Å². The molecule has 2 aromatic heterocycles. The van der Waals surface area contributed by atoms with Crippen molar-refractivity contribution in [1.29, 1.82) is 0 Å². The van der Waals surface area contributed by atoms with Crippen molar-refractivity contribution in [2.45, 2.75) is 20.4 Å². The third-order valence-corrected chi connectivity index (χ3v) is 2.35. The van der Waals surface area contributed by atoms with E-state index in [-0.39, 0.29) is 5.91 Å². The van der Waals surface area contributed by atoms with Crippen molar-refractivity contribution in [3.05, 3.63) is 35.2 Å². The van der Waals surface area contributed by atoms with Gasteiger partial charge in [0.15, 0.2) is 0 Å². The number of aromatic nitrogens is 4. The van der Waals surface area contributed by atoms with Gasteiger partial charge in [-0.1, -0.05) is 0 Å². The van der Waals surface area contributed by atoms with Gasteiger partial charge < -0.3 is 10.3 Å². The molecule has 0 atom stereocenters. The van der Waals surface area contributed by atoms with E-state index in [1.807, 2.05) is 6.92 Å². The summed E-state index contributed by atoms with van der Waals surface area (Å²) in [4.78, 5) is 18.6. The molecule has 2 aromatic rings. The fourth-order valence-corrected chi connectivity index (χ4v) is 1.53. The lowest BCUT2D eigenvalue weighted by atomic mass is 10.2. The van der Waals surface area contributed by atoms with Crippen LogP contribution in [0.5, 0.6) is 0 Å². The Morgan fingerprint density at radius 2 is 2.31 bits per heavy atom. The minimum atomic E-state index is -0.127. The maximum absolute atomic E-state index is 11.8. The Hall–Kier alpha value is -2.11. The highest BCUT2D eigenvalue weighted by Crippen LogP contribution is 2.08. The summed E-state index contributed by atoms with van der Waals surface area (Å²) in [7, 11) is 0. The number of nitrogens with one attached hydrogen (secondary N) is 3. The fraction of sp³-hybridized carbons (Fsp3) is 0.300. The van der Waals surface area contributed by atoms with Crippen molar-refractivity contribution in [3.8, 4) is 0 Å². The second kappa shape index (κ2) is 4.18. The van der Waals surface area contributed by atoms with Crippen LogP contribution in [0.1, 0.15) is 27.4 Å². The topological polar surface area (TPSA) is 86.5 Å². The van der Waals surface area contributed by atoms with Gasteiger partial charge in [0.05, 0.1) is 29.8 Å². The van der Waals surface area contributed by atoms with Gasteiger partial charge in [0.25, 0.3) is 5.91 Å². The summed E-state index contributed by atoms with van der Waals surface area (Å²) < 4.78 is 0. The highest BCUT2D eigenvalue weighted by atomic mass is 16.1. The van der Waals surface area contributed by atoms with E-state index < -0.39 is 0 Å². The molecule has 6 heteroatoms. The molecule has 0 aliphatic heterocycles. The number of rotatable bonds is 3. The van der Waals surface area contributed by atoms with E-state index in [4.69, 9.17) is 0 Å². The molecule has 0 aromatic carbocycles. The van der Waals surface area contributed by atoms with Crippen LogP contribution >= 0.6 is 0 Å². The van der Waals surface area contributed by atoms with Gasteiger partial charge in [0, 0.05) is 11.9 Å². The van der Waals surface area contributed by atoms with Crippen LogP contribution in [0.15, 0.2) is 12.5 Å². The Bertz CT molecular complexity index is 466. The number of amides is 1. The summed E-state index contributed by atoms with van der Waals surface area (Å²) in [5.74, 6) is -0.127. The predicted octanol–water partition coefficient (Wildman–Crippen LogP) is 0.680. The van der Waals surface area contributed by atoms with Crippen LogP contribution in [0, 0.1) is 13.8 Å². The lowest BCUT2D eigenvalue weighted by Crippen LogP contribution is -2.24. The number of hydrogen-bond donors (Lipinski definition) is 3. The quantitative estimate of drug-likeness (QED) is 0.709. The van der Waals surface area contributed by atoms with E-state index in [1.54, 1.807) is 19.4 Å². The molecular formula is C10H13N5O. The molecule has 2 heterocycles. The van der Waals surface area contributed by atoms with Gasteiger partial charge in [-0.3, -0.25) is 9.89 Å². The number of aryl methyl sites for hydroxylation is 2. The molecule has 0 unspecified atom stereocenters. The first-order valence-corrected chi connectivity index (χ1v) is 4.95. The molecule has 0 saturated heterocycles. The molecule has 0 spiro atoms. The van der Waals surface area contributed by atoms with E-state index in [2.05, 4.69) is 25.5 Å². The molecule has 84 valence electrons. The largest absolute Gasteiger partial charge is 0.347 e. The Labute approximate surface area is 92.5 Å². The zero-order valence-corrected chi connectivity index (χ0v) is 9.16. The number of carbonyl (C=O) groups excluding carboxylic acids is 1. The minimum absolute atomic E-state index is 0.127. The van der Waals surface area contributed by atoms with Gasteiger partial charge in [-0.05, 0) is 13.8 Å². The summed E-state index contributed by atoms with van der Waals surface area (Å²) >= 11 is 0. The van der Waals surface area contributed by atoms with E-state index in [1.165, 1.54) is 0 Å². The van der Waals surface area contributed by atoms with Gasteiger partial charge >= 0.3 is 0 Å². The van der Waals surface area contributed by atoms with Crippen LogP contribution in [0.2, 0.25) is 0 Å². The molecule has 3 N–H and O–H groups in total. The zero-order chi connectivity index (χ0) is 11.5. The van der Waals surface area contributed by atoms with Crippen molar-refractivity contribution in [2.24, 2.45) is 0 Å². The first-order chi connectivity index (χ1) is 7.68. The average molecular weight is 219 g/mol. The number of nitrogens with zero attached hydrogens (tertiary/aromatic N) is 2. The Kier molecular flexibility index (Phi) is 2.72. The summed E-state index contributed by atoms with van der Waals surface area (Å²) in [6.45, 7) is 4.06. The lowest BCUT2D eigenvalue weighted by molar-refractivity contribution is 0.0949. The van der Waals surface area contributed by atoms with Gasteiger partial charge in [-0.25, -0.2) is 4.98 Å². The molecule has 0 bridgehead atoms. The molecule has 0 radical (unpaired) electrons. The average Bonchev–Trinajstić information content (AvgIpc) is 2.86. The molecule has 0 aliphatic carbocycles. The highest BCUT2D eigenvalue weighted by Gasteiger charge is 2.14. The predicted molar refractivity (Wildman–Crippen MR) is 57.8 cm³/mol. The SMILES string of the molecule is Cc1n[nH]c(C)c1C(=O)NCc1cnc[nH]1. The molecule has 6 nitrogen and oxygen atoms in total. The highest BCUT2D eigenvalue weighted by molar-refractivity contribution is 5.96. The number of H-pyrrole nitrogens is 2. The monoisotopic (exact) mass is 219 g/mol. The Morgan fingerprint density at radius 1 is 1.50 bits per heavy atom. The number of hydrogen-bond acceptors (Lipinski definition) is 3. The number of imidazole rings is 1. The zero-order valence-electron chi connectivity index (χ0n) is 9.16. The molecule has 0 fully saturated rings. The van der Waals surface area contributed by atoms with Crippen molar-refractivity contribution in [3.63, 3.8) is 0 Å². The van der Waals surface area contributed by atoms with Gasteiger partial charge in [-0.15, -0.1) is 0 Å². The van der Waals surface area contributed by atoms with Gasteiger partial charge in [-0.2, -0.15) is 5.10 Å². The first kappa shape index (κ1) is 10.4. The van der Waals surface area contributed by atoms with Crippen molar-refractivity contribution in [2.75, 3.05) is 0 Å². The van der Waals surface area contributed by atoms with Crippen molar-refractivity contribution < 1.29 is 4.79 Å². The van der Waals surface area contributed by atoms with Crippen LogP contribution in [-0.2, 0) is 6.54 Å². The summed E-state index contributed by atoms with van der Waals surface area (Å²) in [5, 5.41) is 9.56. The smallest absolute Gasteiger partial charge is 0.255 e. The maximum atomic E-state index is 11.8. The fourth-order valence-electron chi connectivity index (χ4n) is 1.53. The van der Waals surface area contributed by atoms with E-state index in [9.17, 15) is 4.79 Å². The second-order valence-corrected chi connectivity index (χ2v) is 3.57. The number of carbonyl (C=O) groups is 1. The molecule has 0 aliphatic rings. The Morgan fingerprint density at radius 3 is 2.88 bits per heavy atom. The van der Waals surface area contributed by atoms with Gasteiger partial charge in [0.1, 0.15) is 0 Å². The van der Waals surface area contributed by atoms with E-state index in [0.29, 0.717) is 17.8 Å². The normalized spacial score (nSPS) is 10.4. The Balaban J connectivity index is 2.04. The van der Waals surface area contributed by atoms with Gasteiger partial charge in [0.2, 0.25) is 0 Å². The maximum Gasteiger partial charge on any atom is 0.255 e. The lowest BCUT2D eigenvalue weighted by Gasteiger charge is -2.03. The minimum Gasteiger partial charge on any atom is -0.347 e. The molecule has 2 rings (SSSR count). The number of aromatic amines is 2. The molecular weight excluding hydrogens is 206 g/mol. The van der Waals surface area contributed by atoms with Crippen LogP contribution in [0.4, 0.5) is 0 Å². The second-order valence-electron chi connectivity index (χ2n) is 3.57. The molecule has 1 amide bonds. The summed E-state index contributed by atoms with van der Waals surface area (Å²) in [5.41, 5.74) is 2.96. The van der Waals surface area contributed by atoms with E-state index in [0.717, 1.165) is 11.4 Å². The van der Waals surface area contributed by atoms with Crippen LogP contribution < -0.4 is 5.32 Å². The van der Waals surface area contributed by atoms with Crippen molar-refractivity contribution >= 4 is 5.91 Å². The third-order valence-electron chi connectivity index (χ3n) is 2.35. The third kappa shape index (κ3) is 1.95. The molecule has 16 heavy (non-hydrogen) atoms. The standard InChI is InChI=1S/C10H13N5O/c1-6-9(7(2)15-14-6)10(16)12-4-8-3-11-5-13-8/h3,5H,4H2,1-2H3,(H,11,13)(H,12,16)(H,14,15). The summed E-state index contributed by atoms with van der Waals surface area (Å²) in [6, 6.07) is 0. The first-order valence-electron chi connectivity index (χ1n) is 4.95.